The number of aryl methyl sites for hydroxylation is 1. The van der Waals surface area contributed by atoms with E-state index in [4.69, 9.17) is 4.52 Å². The molecule has 0 spiro atoms. The molecule has 1 saturated heterocycles. The number of hydrogen-bond acceptors (Lipinski definition) is 7. The Labute approximate surface area is 169 Å². The van der Waals surface area contributed by atoms with E-state index in [0.717, 1.165) is 24.7 Å². The fourth-order valence-electron chi connectivity index (χ4n) is 3.30. The third-order valence-corrected chi connectivity index (χ3v) is 5.06. The number of anilines is 4. The molecule has 2 N–H and O–H groups in total. The van der Waals surface area contributed by atoms with E-state index in [2.05, 4.69) is 49.9 Å². The van der Waals surface area contributed by atoms with Gasteiger partial charge in [0.2, 0.25) is 0 Å². The maximum absolute atomic E-state index is 12.2. The molecule has 0 saturated carbocycles. The number of rotatable bonds is 5. The molecule has 1 fully saturated rings. The molecule has 1 aromatic carbocycles. The maximum atomic E-state index is 12.2. The summed E-state index contributed by atoms with van der Waals surface area (Å²) in [5.41, 5.74) is 2.36. The summed E-state index contributed by atoms with van der Waals surface area (Å²) < 4.78 is 4.92. The van der Waals surface area contributed by atoms with Crippen molar-refractivity contribution in [1.29, 1.82) is 0 Å². The SMILES string of the molecule is Cc1cc(NC(=O)c2ccc(Nc3ccc(N4CCC(C)CC4)cc3)nn2)no1. The van der Waals surface area contributed by atoms with Gasteiger partial charge in [0, 0.05) is 30.5 Å². The van der Waals surface area contributed by atoms with Crippen LogP contribution in [0.4, 0.5) is 23.0 Å². The van der Waals surface area contributed by atoms with Crippen LogP contribution in [0.1, 0.15) is 36.0 Å². The molecule has 8 heteroatoms. The van der Waals surface area contributed by atoms with Gasteiger partial charge in [-0.15, -0.1) is 10.2 Å². The van der Waals surface area contributed by atoms with Crippen LogP contribution >= 0.6 is 0 Å². The molecule has 150 valence electrons. The third-order valence-electron chi connectivity index (χ3n) is 5.06. The Hall–Kier alpha value is -3.42. The van der Waals surface area contributed by atoms with Gasteiger partial charge in [-0.05, 0) is 62.1 Å². The Bertz CT molecular complexity index is 960. The van der Waals surface area contributed by atoms with E-state index in [-0.39, 0.29) is 5.69 Å². The lowest BCUT2D eigenvalue weighted by atomic mass is 9.99. The van der Waals surface area contributed by atoms with E-state index in [9.17, 15) is 4.79 Å². The summed E-state index contributed by atoms with van der Waals surface area (Å²) in [6.45, 7) is 6.28. The van der Waals surface area contributed by atoms with Crippen LogP contribution in [0.5, 0.6) is 0 Å². The van der Waals surface area contributed by atoms with Gasteiger partial charge in [-0.1, -0.05) is 12.1 Å². The van der Waals surface area contributed by atoms with Crippen molar-refractivity contribution in [3.05, 3.63) is 53.9 Å². The molecule has 4 rings (SSSR count). The van der Waals surface area contributed by atoms with Gasteiger partial charge in [0.05, 0.1) is 0 Å². The molecule has 0 bridgehead atoms. The molecule has 0 atom stereocenters. The van der Waals surface area contributed by atoms with Crippen molar-refractivity contribution in [3.8, 4) is 0 Å². The predicted octanol–water partition coefficient (Wildman–Crippen LogP) is 4.01. The summed E-state index contributed by atoms with van der Waals surface area (Å²) in [7, 11) is 0. The van der Waals surface area contributed by atoms with E-state index in [1.807, 2.05) is 12.1 Å². The minimum Gasteiger partial charge on any atom is -0.372 e. The number of nitrogens with zero attached hydrogens (tertiary/aromatic N) is 4. The largest absolute Gasteiger partial charge is 0.372 e. The average Bonchev–Trinajstić information content (AvgIpc) is 3.14. The smallest absolute Gasteiger partial charge is 0.277 e. The number of nitrogens with one attached hydrogen (secondary N) is 2. The molecule has 0 aliphatic carbocycles. The van der Waals surface area contributed by atoms with Crippen LogP contribution in [0.15, 0.2) is 47.0 Å². The second-order valence-electron chi connectivity index (χ2n) is 7.42. The van der Waals surface area contributed by atoms with Gasteiger partial charge >= 0.3 is 0 Å². The highest BCUT2D eigenvalue weighted by molar-refractivity contribution is 6.02. The van der Waals surface area contributed by atoms with Crippen molar-refractivity contribution < 1.29 is 9.32 Å². The van der Waals surface area contributed by atoms with Gasteiger partial charge in [-0.2, -0.15) is 0 Å². The Morgan fingerprint density at radius 1 is 1.07 bits per heavy atom. The van der Waals surface area contributed by atoms with Gasteiger partial charge in [0.1, 0.15) is 5.76 Å². The first-order chi connectivity index (χ1) is 14.1. The van der Waals surface area contributed by atoms with Crippen LogP contribution in [-0.4, -0.2) is 34.4 Å². The minimum atomic E-state index is -0.391. The lowest BCUT2D eigenvalue weighted by Crippen LogP contribution is -2.32. The molecule has 3 aromatic rings. The molecule has 0 radical (unpaired) electrons. The Kier molecular flexibility index (Phi) is 5.41. The summed E-state index contributed by atoms with van der Waals surface area (Å²) in [6, 6.07) is 13.3. The van der Waals surface area contributed by atoms with Crippen LogP contribution in [0.3, 0.4) is 0 Å². The number of carbonyl (C=O) groups excluding carboxylic acids is 1. The highest BCUT2D eigenvalue weighted by atomic mass is 16.5. The fourth-order valence-corrected chi connectivity index (χ4v) is 3.30. The van der Waals surface area contributed by atoms with E-state index in [0.29, 0.717) is 17.4 Å². The zero-order chi connectivity index (χ0) is 20.2. The monoisotopic (exact) mass is 392 g/mol. The summed E-state index contributed by atoms with van der Waals surface area (Å²) in [5.74, 6) is 1.96. The van der Waals surface area contributed by atoms with E-state index < -0.39 is 5.91 Å². The van der Waals surface area contributed by atoms with Crippen LogP contribution in [0, 0.1) is 12.8 Å². The topological polar surface area (TPSA) is 96.2 Å². The van der Waals surface area contributed by atoms with Crippen LogP contribution in [-0.2, 0) is 0 Å². The highest BCUT2D eigenvalue weighted by Crippen LogP contribution is 2.25. The van der Waals surface area contributed by atoms with Crippen LogP contribution in [0.25, 0.3) is 0 Å². The number of carbonyl (C=O) groups is 1. The van der Waals surface area contributed by atoms with Gasteiger partial charge < -0.3 is 20.1 Å². The number of aromatic nitrogens is 3. The number of hydrogen-bond donors (Lipinski definition) is 2. The van der Waals surface area contributed by atoms with Gasteiger partial charge in [-0.25, -0.2) is 0 Å². The van der Waals surface area contributed by atoms with Crippen molar-refractivity contribution in [2.24, 2.45) is 5.92 Å². The second-order valence-corrected chi connectivity index (χ2v) is 7.42. The molecule has 1 aliphatic heterocycles. The molecule has 3 heterocycles. The molecule has 1 amide bonds. The summed E-state index contributed by atoms with van der Waals surface area (Å²) >= 11 is 0. The number of amides is 1. The molecule has 1 aliphatic rings. The highest BCUT2D eigenvalue weighted by Gasteiger charge is 2.16. The van der Waals surface area contributed by atoms with Crippen molar-refractivity contribution in [3.63, 3.8) is 0 Å². The zero-order valence-electron chi connectivity index (χ0n) is 16.6. The van der Waals surface area contributed by atoms with Crippen LogP contribution < -0.4 is 15.5 Å². The predicted molar refractivity (Wildman–Crippen MR) is 112 cm³/mol. The van der Waals surface area contributed by atoms with Gasteiger partial charge in [0.25, 0.3) is 5.91 Å². The molecule has 8 nitrogen and oxygen atoms in total. The average molecular weight is 392 g/mol. The van der Waals surface area contributed by atoms with Crippen molar-refractivity contribution >= 4 is 28.9 Å². The lowest BCUT2D eigenvalue weighted by molar-refractivity contribution is 0.102. The van der Waals surface area contributed by atoms with E-state index in [1.165, 1.54) is 18.5 Å². The molecule has 29 heavy (non-hydrogen) atoms. The second kappa shape index (κ2) is 8.30. The first kappa shape index (κ1) is 18.9. The minimum absolute atomic E-state index is 0.200. The Morgan fingerprint density at radius 2 is 1.83 bits per heavy atom. The Morgan fingerprint density at radius 3 is 2.45 bits per heavy atom. The fraction of sp³-hybridized carbons (Fsp3) is 0.333. The Balaban J connectivity index is 1.35. The quantitative estimate of drug-likeness (QED) is 0.677. The molecular weight excluding hydrogens is 368 g/mol. The first-order valence-electron chi connectivity index (χ1n) is 9.77. The van der Waals surface area contributed by atoms with Crippen molar-refractivity contribution in [1.82, 2.24) is 15.4 Å². The third kappa shape index (κ3) is 4.71. The first-order valence-corrected chi connectivity index (χ1v) is 9.77. The normalized spacial score (nSPS) is 14.6. The maximum Gasteiger partial charge on any atom is 0.277 e. The molecular formula is C21H24N6O2. The summed E-state index contributed by atoms with van der Waals surface area (Å²) in [6.07, 6.45) is 2.48. The van der Waals surface area contributed by atoms with Crippen molar-refractivity contribution in [2.45, 2.75) is 26.7 Å². The summed E-state index contributed by atoms with van der Waals surface area (Å²) in [5, 5.41) is 17.6. The zero-order valence-corrected chi connectivity index (χ0v) is 16.6. The van der Waals surface area contributed by atoms with Crippen LogP contribution in [0.2, 0.25) is 0 Å². The standard InChI is InChI=1S/C21H24N6O2/c1-14-9-11-27(12-10-14)17-5-3-16(4-6-17)22-19-8-7-18(24-25-19)21(28)23-20-13-15(2)29-26-20/h3-8,13-14H,9-12H2,1-2H3,(H,22,25)(H,23,26,28). The number of piperidine rings is 1. The van der Waals surface area contributed by atoms with Gasteiger partial charge in [-0.3, -0.25) is 4.79 Å². The lowest BCUT2D eigenvalue weighted by Gasteiger charge is -2.32. The molecule has 2 aromatic heterocycles. The number of benzene rings is 1. The van der Waals surface area contributed by atoms with Crippen molar-refractivity contribution in [2.75, 3.05) is 28.6 Å². The summed E-state index contributed by atoms with van der Waals surface area (Å²) in [4.78, 5) is 14.6. The van der Waals surface area contributed by atoms with E-state index >= 15 is 0 Å². The van der Waals surface area contributed by atoms with E-state index in [1.54, 1.807) is 25.1 Å². The van der Waals surface area contributed by atoms with Gasteiger partial charge in [0.15, 0.2) is 17.3 Å². The molecule has 0 unspecified atom stereocenters.